The minimum absolute atomic E-state index is 0.0688. The van der Waals surface area contributed by atoms with E-state index in [-0.39, 0.29) is 23.5 Å². The van der Waals surface area contributed by atoms with E-state index >= 15 is 0 Å². The summed E-state index contributed by atoms with van der Waals surface area (Å²) in [6, 6.07) is 7.31. The van der Waals surface area contributed by atoms with E-state index in [1.165, 1.54) is 0 Å². The van der Waals surface area contributed by atoms with Gasteiger partial charge in [-0.2, -0.15) is 0 Å². The summed E-state index contributed by atoms with van der Waals surface area (Å²) in [6.07, 6.45) is 1.67. The summed E-state index contributed by atoms with van der Waals surface area (Å²) >= 11 is 0. The Morgan fingerprint density at radius 1 is 1.25 bits per heavy atom. The lowest BCUT2D eigenvalue weighted by Crippen LogP contribution is -2.44. The van der Waals surface area contributed by atoms with Crippen molar-refractivity contribution in [1.29, 1.82) is 0 Å². The van der Waals surface area contributed by atoms with Crippen molar-refractivity contribution in [3.8, 4) is 5.75 Å². The topological polar surface area (TPSA) is 71.8 Å². The van der Waals surface area contributed by atoms with Crippen molar-refractivity contribution in [2.45, 2.75) is 46.2 Å². The van der Waals surface area contributed by atoms with E-state index in [0.29, 0.717) is 23.8 Å². The lowest BCUT2D eigenvalue weighted by atomic mass is 9.94. The molecule has 1 aliphatic heterocycles. The van der Waals surface area contributed by atoms with Crippen LogP contribution in [0.2, 0.25) is 0 Å². The molecule has 1 aromatic carbocycles. The van der Waals surface area contributed by atoms with Crippen LogP contribution in [0.4, 0.5) is 0 Å². The number of amides is 1. The number of methoxy groups -OCH3 is 1. The Balaban J connectivity index is 1.65. The van der Waals surface area contributed by atoms with Gasteiger partial charge in [-0.1, -0.05) is 13.8 Å². The minimum Gasteiger partial charge on any atom is -0.497 e. The molecule has 2 heterocycles. The number of ether oxygens (including phenoxy) is 1. The fourth-order valence-electron chi connectivity index (χ4n) is 3.57. The molecule has 152 valence electrons. The molecule has 0 saturated carbocycles. The van der Waals surface area contributed by atoms with Gasteiger partial charge in [-0.05, 0) is 56.5 Å². The van der Waals surface area contributed by atoms with Crippen molar-refractivity contribution in [3.63, 3.8) is 0 Å². The molecule has 0 spiro atoms. The molecule has 1 unspecified atom stereocenters. The second kappa shape index (κ2) is 8.78. The molecule has 1 N–H and O–H groups in total. The maximum absolute atomic E-state index is 12.5. The van der Waals surface area contributed by atoms with E-state index in [1.54, 1.807) is 19.2 Å². The zero-order valence-corrected chi connectivity index (χ0v) is 17.2. The number of piperidine rings is 1. The highest BCUT2D eigenvalue weighted by Crippen LogP contribution is 2.25. The smallest absolute Gasteiger partial charge is 0.336 e. The number of benzene rings is 1. The zero-order valence-electron chi connectivity index (χ0n) is 17.2. The fraction of sp³-hybridized carbons (Fsp3) is 0.545. The Morgan fingerprint density at radius 3 is 2.61 bits per heavy atom. The standard InChI is InChI=1S/C22H30N2O4/c1-14(2)15(3)23-22(26)16-7-9-24(10-8-16)13-17-11-21(25)28-20-12-18(27-4)5-6-19(17)20/h5-6,11-12,14-16H,7-10,13H2,1-4H3,(H,23,26). The molecule has 6 nitrogen and oxygen atoms in total. The maximum atomic E-state index is 12.5. The molecule has 1 fully saturated rings. The number of fused-ring (bicyclic) bond motifs is 1. The molecule has 1 amide bonds. The third-order valence-electron chi connectivity index (χ3n) is 5.76. The molecule has 2 aromatic rings. The number of nitrogens with zero attached hydrogens (tertiary/aromatic N) is 1. The first kappa shape index (κ1) is 20.4. The molecule has 3 rings (SSSR count). The monoisotopic (exact) mass is 386 g/mol. The van der Waals surface area contributed by atoms with Gasteiger partial charge in [0.1, 0.15) is 11.3 Å². The third kappa shape index (κ3) is 4.73. The minimum atomic E-state index is -0.354. The molecule has 1 saturated heterocycles. The van der Waals surface area contributed by atoms with Gasteiger partial charge < -0.3 is 14.5 Å². The Kier molecular flexibility index (Phi) is 6.39. The number of hydrogen-bond acceptors (Lipinski definition) is 5. The van der Waals surface area contributed by atoms with Gasteiger partial charge in [0.25, 0.3) is 0 Å². The van der Waals surface area contributed by atoms with Gasteiger partial charge in [0.15, 0.2) is 0 Å². The van der Waals surface area contributed by atoms with E-state index < -0.39 is 0 Å². The second-order valence-electron chi connectivity index (χ2n) is 8.04. The van der Waals surface area contributed by atoms with E-state index in [9.17, 15) is 9.59 Å². The summed E-state index contributed by atoms with van der Waals surface area (Å²) in [4.78, 5) is 26.7. The van der Waals surface area contributed by atoms with Crippen LogP contribution in [0, 0.1) is 11.8 Å². The third-order valence-corrected chi connectivity index (χ3v) is 5.76. The Bertz CT molecular complexity index is 882. The van der Waals surface area contributed by atoms with E-state index in [4.69, 9.17) is 9.15 Å². The molecular weight excluding hydrogens is 356 g/mol. The first-order chi connectivity index (χ1) is 13.4. The van der Waals surface area contributed by atoms with Crippen molar-refractivity contribution < 1.29 is 13.9 Å². The maximum Gasteiger partial charge on any atom is 0.336 e. The molecular formula is C22H30N2O4. The first-order valence-electron chi connectivity index (χ1n) is 10.0. The van der Waals surface area contributed by atoms with Crippen LogP contribution in [0.3, 0.4) is 0 Å². The fourth-order valence-corrected chi connectivity index (χ4v) is 3.57. The van der Waals surface area contributed by atoms with Crippen LogP contribution in [-0.2, 0) is 11.3 Å². The molecule has 0 aliphatic carbocycles. The van der Waals surface area contributed by atoms with Crippen LogP contribution in [-0.4, -0.2) is 37.0 Å². The van der Waals surface area contributed by atoms with E-state index in [1.807, 2.05) is 12.1 Å². The van der Waals surface area contributed by atoms with Crippen molar-refractivity contribution >= 4 is 16.9 Å². The number of carbonyl (C=O) groups is 1. The van der Waals surface area contributed by atoms with Crippen LogP contribution in [0.1, 0.15) is 39.2 Å². The summed E-state index contributed by atoms with van der Waals surface area (Å²) in [5, 5.41) is 4.06. The van der Waals surface area contributed by atoms with Crippen LogP contribution in [0.5, 0.6) is 5.75 Å². The van der Waals surface area contributed by atoms with Gasteiger partial charge in [-0.25, -0.2) is 4.79 Å². The average molecular weight is 386 g/mol. The SMILES string of the molecule is COc1ccc2c(CN3CCC(C(=O)NC(C)C(C)C)CC3)cc(=O)oc2c1. The summed E-state index contributed by atoms with van der Waals surface area (Å²) in [6.45, 7) is 8.63. The van der Waals surface area contributed by atoms with Crippen molar-refractivity contribution in [2.24, 2.45) is 11.8 Å². The number of nitrogens with one attached hydrogen (secondary N) is 1. The summed E-state index contributed by atoms with van der Waals surface area (Å²) in [5.74, 6) is 1.33. The highest BCUT2D eigenvalue weighted by atomic mass is 16.5. The largest absolute Gasteiger partial charge is 0.497 e. The number of rotatable bonds is 6. The van der Waals surface area contributed by atoms with Crippen molar-refractivity contribution in [1.82, 2.24) is 10.2 Å². The molecule has 0 bridgehead atoms. The highest BCUT2D eigenvalue weighted by molar-refractivity contribution is 5.81. The highest BCUT2D eigenvalue weighted by Gasteiger charge is 2.26. The van der Waals surface area contributed by atoms with Gasteiger partial charge in [-0.15, -0.1) is 0 Å². The summed E-state index contributed by atoms with van der Waals surface area (Å²) in [7, 11) is 1.59. The summed E-state index contributed by atoms with van der Waals surface area (Å²) in [5.41, 5.74) is 1.14. The van der Waals surface area contributed by atoms with Gasteiger partial charge in [0.2, 0.25) is 5.91 Å². The lowest BCUT2D eigenvalue weighted by molar-refractivity contribution is -0.127. The van der Waals surface area contributed by atoms with Crippen LogP contribution >= 0.6 is 0 Å². The van der Waals surface area contributed by atoms with Gasteiger partial charge >= 0.3 is 5.63 Å². The van der Waals surface area contributed by atoms with Gasteiger partial charge in [-0.3, -0.25) is 9.69 Å². The first-order valence-corrected chi connectivity index (χ1v) is 10.0. The van der Waals surface area contributed by atoms with Crippen LogP contribution in [0.15, 0.2) is 33.5 Å². The summed E-state index contributed by atoms with van der Waals surface area (Å²) < 4.78 is 10.5. The molecule has 1 atom stereocenters. The Hall–Kier alpha value is -2.34. The van der Waals surface area contributed by atoms with Crippen molar-refractivity contribution in [3.05, 3.63) is 40.2 Å². The van der Waals surface area contributed by atoms with E-state index in [2.05, 4.69) is 31.0 Å². The predicted molar refractivity (Wildman–Crippen MR) is 109 cm³/mol. The predicted octanol–water partition coefficient (Wildman–Crippen LogP) is 3.17. The molecule has 1 aliphatic rings. The quantitative estimate of drug-likeness (QED) is 0.772. The Labute approximate surface area is 165 Å². The number of hydrogen-bond donors (Lipinski definition) is 1. The Morgan fingerprint density at radius 2 is 1.96 bits per heavy atom. The van der Waals surface area contributed by atoms with E-state index in [0.717, 1.165) is 36.9 Å². The van der Waals surface area contributed by atoms with Crippen LogP contribution < -0.4 is 15.7 Å². The van der Waals surface area contributed by atoms with Crippen molar-refractivity contribution in [2.75, 3.05) is 20.2 Å². The number of likely N-dealkylation sites (tertiary alicyclic amines) is 1. The lowest BCUT2D eigenvalue weighted by Gasteiger charge is -2.32. The molecule has 0 radical (unpaired) electrons. The zero-order chi connectivity index (χ0) is 20.3. The average Bonchev–Trinajstić information content (AvgIpc) is 2.67. The molecule has 6 heteroatoms. The van der Waals surface area contributed by atoms with Gasteiger partial charge in [0, 0.05) is 36.0 Å². The molecule has 28 heavy (non-hydrogen) atoms. The van der Waals surface area contributed by atoms with Gasteiger partial charge in [0.05, 0.1) is 7.11 Å². The normalized spacial score (nSPS) is 17.0. The van der Waals surface area contributed by atoms with Crippen LogP contribution in [0.25, 0.3) is 11.0 Å². The number of carbonyl (C=O) groups excluding carboxylic acids is 1. The molecule has 1 aromatic heterocycles. The second-order valence-corrected chi connectivity index (χ2v) is 8.04.